The normalized spacial score (nSPS) is 32.7. The summed E-state index contributed by atoms with van der Waals surface area (Å²) in [6.45, 7) is 5.02. The topological polar surface area (TPSA) is 87.1 Å². The number of allylic oxidation sites excluding steroid dienone is 4. The molecule has 2 bridgehead atoms. The van der Waals surface area contributed by atoms with Crippen LogP contribution in [0.15, 0.2) is 151 Å². The number of nitrogens with zero attached hydrogens (tertiary/aromatic N) is 1. The Kier molecular flexibility index (Phi) is 8.93. The van der Waals surface area contributed by atoms with E-state index in [9.17, 15) is 15.0 Å². The molecule has 5 aromatic carbocycles. The van der Waals surface area contributed by atoms with Crippen LogP contribution in [0.25, 0.3) is 21.9 Å². The molecule has 6 aliphatic rings. The van der Waals surface area contributed by atoms with E-state index in [0.717, 1.165) is 58.7 Å². The minimum atomic E-state index is -1.26. The van der Waals surface area contributed by atoms with Gasteiger partial charge in [0.25, 0.3) is 0 Å². The van der Waals surface area contributed by atoms with Gasteiger partial charge in [-0.05, 0) is 102 Å². The molecule has 3 saturated carbocycles. The number of aliphatic hydroxyl groups excluding tert-OH is 1. The summed E-state index contributed by atoms with van der Waals surface area (Å²) in [5.74, 6) is 0.580. The summed E-state index contributed by atoms with van der Waals surface area (Å²) in [5.41, 5.74) is 1.23. The molecule has 0 heterocycles. The molecule has 2 spiro atoms. The lowest BCUT2D eigenvalue weighted by Gasteiger charge is -2.71. The van der Waals surface area contributed by atoms with Crippen LogP contribution in [-0.4, -0.2) is 45.2 Å². The van der Waals surface area contributed by atoms with Crippen LogP contribution in [0.5, 0.6) is 5.75 Å². The predicted octanol–water partition coefficient (Wildman–Crippen LogP) is 11.0. The lowest BCUT2D eigenvalue weighted by Crippen LogP contribution is -2.67. The van der Waals surface area contributed by atoms with Crippen molar-refractivity contribution in [2.45, 2.75) is 77.0 Å². The van der Waals surface area contributed by atoms with E-state index >= 15 is 4.79 Å². The van der Waals surface area contributed by atoms with E-state index in [2.05, 4.69) is 44.2 Å². The average molecular weight is 784 g/mol. The molecule has 11 rings (SSSR count). The van der Waals surface area contributed by atoms with Gasteiger partial charge in [0.2, 0.25) is 0 Å². The van der Waals surface area contributed by atoms with Gasteiger partial charge in [0, 0.05) is 33.9 Å². The quantitative estimate of drug-likeness (QED) is 0.121. The number of rotatable bonds is 8. The maximum atomic E-state index is 15.6. The number of aliphatic hydroxyl groups is 2. The van der Waals surface area contributed by atoms with Crippen molar-refractivity contribution >= 4 is 22.6 Å². The van der Waals surface area contributed by atoms with Gasteiger partial charge in [-0.3, -0.25) is 4.79 Å². The van der Waals surface area contributed by atoms with Crippen molar-refractivity contribution in [1.82, 2.24) is 4.90 Å². The number of ketones is 1. The molecule has 0 radical (unpaired) electrons. The van der Waals surface area contributed by atoms with Crippen LogP contribution < -0.4 is 4.74 Å². The van der Waals surface area contributed by atoms with Gasteiger partial charge in [0.05, 0.1) is 18.2 Å². The summed E-state index contributed by atoms with van der Waals surface area (Å²) in [6, 6.07) is 41.7. The Labute approximate surface area is 347 Å². The summed E-state index contributed by atoms with van der Waals surface area (Å²) >= 11 is 0. The zero-order valence-corrected chi connectivity index (χ0v) is 34.0. The molecule has 0 aromatic heterocycles. The van der Waals surface area contributed by atoms with Gasteiger partial charge in [-0.25, -0.2) is 4.79 Å². The summed E-state index contributed by atoms with van der Waals surface area (Å²) in [7, 11) is 0. The third-order valence-corrected chi connectivity index (χ3v) is 16.1. The zero-order valence-electron chi connectivity index (χ0n) is 34.0. The van der Waals surface area contributed by atoms with Gasteiger partial charge in [0.15, 0.2) is 5.78 Å². The minimum Gasteiger partial charge on any atom is -0.410 e. The molecule has 0 saturated heterocycles. The Morgan fingerprint density at radius 3 is 2.19 bits per heavy atom. The molecule has 300 valence electrons. The van der Waals surface area contributed by atoms with Crippen LogP contribution in [0, 0.1) is 33.5 Å². The second kappa shape index (κ2) is 13.9. The molecule has 2 N–H and O–H groups in total. The SMILES string of the molecule is C[C@]12CC[C@H]3[C@]4(C=C[C@@]5(C=C4C(=O)c4ccccc4-c4ccccc4)CC(O)CC[C@]35C)[C@@H]1CC[C@@]2(O)CN(Cc1ccccc1)C(=O)Oc1ccc2ccccc2c1. The third-order valence-electron chi connectivity index (χ3n) is 16.1. The first-order valence-corrected chi connectivity index (χ1v) is 21.5. The Bertz CT molecular complexity index is 2510. The molecular weight excluding hydrogens is 731 g/mol. The van der Waals surface area contributed by atoms with Crippen molar-refractivity contribution in [3.05, 3.63) is 162 Å². The minimum absolute atomic E-state index is 0.0321. The predicted molar refractivity (Wildman–Crippen MR) is 232 cm³/mol. The van der Waals surface area contributed by atoms with Crippen LogP contribution in [0.1, 0.15) is 74.7 Å². The lowest BCUT2D eigenvalue weighted by molar-refractivity contribution is -0.175. The molecule has 8 atom stereocenters. The van der Waals surface area contributed by atoms with Gasteiger partial charge in [-0.2, -0.15) is 0 Å². The zero-order chi connectivity index (χ0) is 40.6. The largest absolute Gasteiger partial charge is 0.415 e. The second-order valence-corrected chi connectivity index (χ2v) is 18.8. The van der Waals surface area contributed by atoms with Gasteiger partial charge < -0.3 is 19.8 Å². The van der Waals surface area contributed by atoms with E-state index in [4.69, 9.17) is 4.74 Å². The van der Waals surface area contributed by atoms with E-state index in [-0.39, 0.29) is 36.1 Å². The maximum absolute atomic E-state index is 15.6. The number of fused-ring (bicyclic) bond motifs is 2. The van der Waals surface area contributed by atoms with Gasteiger partial charge in [-0.1, -0.05) is 147 Å². The Balaban J connectivity index is 1.04. The highest BCUT2D eigenvalue weighted by Crippen LogP contribution is 2.78. The highest BCUT2D eigenvalue weighted by atomic mass is 16.6. The average Bonchev–Trinajstić information content (AvgIpc) is 3.53. The monoisotopic (exact) mass is 783 g/mol. The van der Waals surface area contributed by atoms with E-state index in [1.807, 2.05) is 115 Å². The molecule has 6 nitrogen and oxygen atoms in total. The Hall–Kier alpha value is -5.30. The molecule has 1 amide bonds. The number of amides is 1. The molecule has 6 heteroatoms. The van der Waals surface area contributed by atoms with E-state index in [1.165, 1.54) is 0 Å². The van der Waals surface area contributed by atoms with Crippen LogP contribution in [0.2, 0.25) is 0 Å². The first-order valence-electron chi connectivity index (χ1n) is 21.5. The van der Waals surface area contributed by atoms with E-state index in [0.29, 0.717) is 30.6 Å². The molecule has 0 aliphatic heterocycles. The fraction of sp³-hybridized carbons (Fsp3) is 0.358. The number of carbonyl (C=O) groups excluding carboxylic acids is 2. The van der Waals surface area contributed by atoms with E-state index in [1.54, 1.807) is 4.90 Å². The van der Waals surface area contributed by atoms with Crippen molar-refractivity contribution in [2.24, 2.45) is 33.5 Å². The number of carbonyl (C=O) groups is 2. The number of hydrogen-bond acceptors (Lipinski definition) is 5. The molecule has 6 aliphatic carbocycles. The van der Waals surface area contributed by atoms with Crippen molar-refractivity contribution in [2.75, 3.05) is 6.54 Å². The van der Waals surface area contributed by atoms with Gasteiger partial charge in [0.1, 0.15) is 5.75 Å². The summed E-state index contributed by atoms with van der Waals surface area (Å²) in [4.78, 5) is 31.6. The van der Waals surface area contributed by atoms with Crippen LogP contribution in [-0.2, 0) is 6.54 Å². The highest BCUT2D eigenvalue weighted by molar-refractivity contribution is 6.14. The Morgan fingerprint density at radius 2 is 1.39 bits per heavy atom. The highest BCUT2D eigenvalue weighted by Gasteiger charge is 2.74. The fourth-order valence-corrected chi connectivity index (χ4v) is 13.0. The molecule has 5 aromatic rings. The lowest BCUT2D eigenvalue weighted by atomic mass is 9.32. The first-order chi connectivity index (χ1) is 28.5. The number of Topliss-reactive ketones (excluding diaryl/α,β-unsaturated/α-hetero) is 1. The summed E-state index contributed by atoms with van der Waals surface area (Å²) in [6.07, 6.45) is 11.1. The second-order valence-electron chi connectivity index (χ2n) is 18.8. The van der Waals surface area contributed by atoms with Crippen molar-refractivity contribution in [3.63, 3.8) is 0 Å². The van der Waals surface area contributed by atoms with Gasteiger partial charge >= 0.3 is 6.09 Å². The van der Waals surface area contributed by atoms with Crippen molar-refractivity contribution < 1.29 is 24.5 Å². The first kappa shape index (κ1) is 37.9. The molecule has 3 fully saturated rings. The fourth-order valence-electron chi connectivity index (χ4n) is 13.0. The van der Waals surface area contributed by atoms with Crippen LogP contribution in [0.3, 0.4) is 0 Å². The third kappa shape index (κ3) is 5.73. The summed E-state index contributed by atoms with van der Waals surface area (Å²) < 4.78 is 6.13. The Morgan fingerprint density at radius 1 is 0.729 bits per heavy atom. The molecule has 59 heavy (non-hydrogen) atoms. The molecule has 1 unspecified atom stereocenters. The number of hydrogen-bond donors (Lipinski definition) is 2. The summed E-state index contributed by atoms with van der Waals surface area (Å²) in [5, 5.41) is 26.6. The van der Waals surface area contributed by atoms with Gasteiger partial charge in [-0.15, -0.1) is 0 Å². The number of benzene rings is 5. The van der Waals surface area contributed by atoms with Crippen LogP contribution in [0.4, 0.5) is 4.79 Å². The van der Waals surface area contributed by atoms with Crippen molar-refractivity contribution in [3.8, 4) is 16.9 Å². The van der Waals surface area contributed by atoms with Crippen molar-refractivity contribution in [1.29, 1.82) is 0 Å². The van der Waals surface area contributed by atoms with E-state index < -0.39 is 34.0 Å². The molecular formula is C53H53NO5. The standard InChI is InChI=1S/C53H53NO5/c1-49-26-23-40(55)32-51(49)29-30-53(44(33-51)47(56)43-20-12-11-19-42(43)38-16-7-4-8-17-38)45(49)24-27-50(2)46(53)25-28-52(50,58)35-54(34-36-13-5-3-6-14-36)48(57)59-41-22-21-37-15-9-10-18-39(37)31-41/h3-22,29-31,33,40,45-46,55,58H,23-28,32,34-35H2,1-2H3/t40?,45-,46-,49-,50+,51+,52-,53-/m1/s1. The number of ether oxygens (including phenoxy) is 1. The van der Waals surface area contributed by atoms with Crippen LogP contribution >= 0.6 is 0 Å². The maximum Gasteiger partial charge on any atom is 0.415 e. The smallest absolute Gasteiger partial charge is 0.410 e.